The number of ether oxygens (including phenoxy) is 4. The minimum atomic E-state index is -0.981. The average Bonchev–Trinajstić information content (AvgIpc) is 2.45. The number of carbonyl (C=O) groups is 4. The first-order chi connectivity index (χ1) is 11.0. The summed E-state index contributed by atoms with van der Waals surface area (Å²) in [7, 11) is 0. The quantitative estimate of drug-likeness (QED) is 0.280. The van der Waals surface area contributed by atoms with E-state index in [4.69, 9.17) is 18.9 Å². The minimum Gasteiger partial charge on any atom is -0.465 e. The van der Waals surface area contributed by atoms with Crippen LogP contribution in [0.1, 0.15) is 27.7 Å². The van der Waals surface area contributed by atoms with E-state index in [2.05, 4.69) is 31.9 Å². The van der Waals surface area contributed by atoms with Crippen LogP contribution in [0.2, 0.25) is 0 Å². The molecule has 0 rings (SSSR count). The molecule has 138 valence electrons. The van der Waals surface area contributed by atoms with Gasteiger partial charge in [-0.25, -0.2) is 0 Å². The zero-order valence-electron chi connectivity index (χ0n) is 13.7. The SMILES string of the molecule is CC(=O)OCC(Br)C(OC(C)=O)C(OC(C)=O)C(Br)COC(C)=O. The van der Waals surface area contributed by atoms with Crippen molar-refractivity contribution >= 4 is 55.7 Å². The molecule has 0 heterocycles. The minimum absolute atomic E-state index is 0.113. The summed E-state index contributed by atoms with van der Waals surface area (Å²) in [6.07, 6.45) is -1.96. The topological polar surface area (TPSA) is 105 Å². The molecule has 0 aliphatic heterocycles. The molecule has 0 aromatic rings. The summed E-state index contributed by atoms with van der Waals surface area (Å²) in [5.41, 5.74) is 0. The summed E-state index contributed by atoms with van der Waals surface area (Å²) >= 11 is 6.53. The highest BCUT2D eigenvalue weighted by atomic mass is 79.9. The molecule has 24 heavy (non-hydrogen) atoms. The van der Waals surface area contributed by atoms with Gasteiger partial charge in [0.25, 0.3) is 0 Å². The fourth-order valence-corrected chi connectivity index (χ4v) is 2.74. The predicted molar refractivity (Wildman–Crippen MR) is 89.8 cm³/mol. The summed E-state index contributed by atoms with van der Waals surface area (Å²) in [5.74, 6) is -2.26. The maximum absolute atomic E-state index is 11.4. The van der Waals surface area contributed by atoms with E-state index in [-0.39, 0.29) is 13.2 Å². The van der Waals surface area contributed by atoms with Crippen molar-refractivity contribution in [3.8, 4) is 0 Å². The van der Waals surface area contributed by atoms with Crippen molar-refractivity contribution in [1.29, 1.82) is 0 Å². The molecule has 0 bridgehead atoms. The van der Waals surface area contributed by atoms with Gasteiger partial charge in [-0.3, -0.25) is 19.2 Å². The molecule has 0 N–H and O–H groups in total. The Balaban J connectivity index is 5.29. The molecular formula is C14H20Br2O8. The van der Waals surface area contributed by atoms with E-state index < -0.39 is 45.7 Å². The van der Waals surface area contributed by atoms with Gasteiger partial charge < -0.3 is 18.9 Å². The molecule has 0 fully saturated rings. The first kappa shape index (κ1) is 22.8. The van der Waals surface area contributed by atoms with E-state index in [0.29, 0.717) is 0 Å². The standard InChI is InChI=1S/C14H20Br2O8/c1-7(17)21-5-11(15)13(23-9(3)19)14(24-10(4)20)12(16)6-22-8(2)18/h11-14H,5-6H2,1-4H3. The summed E-state index contributed by atoms with van der Waals surface area (Å²) in [6, 6.07) is 0. The normalized spacial score (nSPS) is 15.4. The van der Waals surface area contributed by atoms with Gasteiger partial charge in [0.15, 0.2) is 12.2 Å². The highest BCUT2D eigenvalue weighted by Gasteiger charge is 2.39. The number of alkyl halides is 2. The van der Waals surface area contributed by atoms with E-state index >= 15 is 0 Å². The fourth-order valence-electron chi connectivity index (χ4n) is 1.66. The number of rotatable bonds is 9. The van der Waals surface area contributed by atoms with Gasteiger partial charge in [-0.15, -0.1) is 0 Å². The molecule has 10 heteroatoms. The zero-order valence-corrected chi connectivity index (χ0v) is 16.9. The van der Waals surface area contributed by atoms with Crippen LogP contribution in [0.5, 0.6) is 0 Å². The molecule has 0 aromatic heterocycles. The first-order valence-corrected chi connectivity index (χ1v) is 8.77. The van der Waals surface area contributed by atoms with Crippen molar-refractivity contribution in [2.45, 2.75) is 49.6 Å². The maximum atomic E-state index is 11.4. The summed E-state index contributed by atoms with van der Waals surface area (Å²) in [4.78, 5) is 43.4. The van der Waals surface area contributed by atoms with Crippen molar-refractivity contribution in [3.63, 3.8) is 0 Å². The molecule has 0 aromatic carbocycles. The Morgan fingerprint density at radius 1 is 0.667 bits per heavy atom. The Hall–Kier alpha value is -1.16. The Labute approximate surface area is 156 Å². The van der Waals surface area contributed by atoms with Crippen molar-refractivity contribution in [1.82, 2.24) is 0 Å². The van der Waals surface area contributed by atoms with E-state index in [9.17, 15) is 19.2 Å². The zero-order chi connectivity index (χ0) is 18.9. The molecule has 0 saturated heterocycles. The molecule has 0 radical (unpaired) electrons. The Morgan fingerprint density at radius 2 is 0.958 bits per heavy atom. The fraction of sp³-hybridized carbons (Fsp3) is 0.714. The lowest BCUT2D eigenvalue weighted by Crippen LogP contribution is -2.48. The van der Waals surface area contributed by atoms with Gasteiger partial charge in [0.1, 0.15) is 13.2 Å². The van der Waals surface area contributed by atoms with Gasteiger partial charge in [0.2, 0.25) is 0 Å². The molecule has 0 saturated carbocycles. The van der Waals surface area contributed by atoms with Crippen LogP contribution in [0.4, 0.5) is 0 Å². The second kappa shape index (κ2) is 11.4. The lowest BCUT2D eigenvalue weighted by atomic mass is 10.1. The summed E-state index contributed by atoms with van der Waals surface area (Å²) < 4.78 is 20.2. The number of hydrogen-bond donors (Lipinski definition) is 0. The number of carbonyl (C=O) groups excluding carboxylic acids is 4. The van der Waals surface area contributed by atoms with Crippen LogP contribution in [-0.4, -0.2) is 59.0 Å². The Kier molecular flexibility index (Phi) is 10.9. The third-order valence-electron chi connectivity index (χ3n) is 2.53. The van der Waals surface area contributed by atoms with Gasteiger partial charge in [-0.05, 0) is 0 Å². The molecule has 8 nitrogen and oxygen atoms in total. The molecule has 0 aliphatic rings. The largest absolute Gasteiger partial charge is 0.465 e. The molecule has 4 atom stereocenters. The van der Waals surface area contributed by atoms with Crippen molar-refractivity contribution in [2.24, 2.45) is 0 Å². The van der Waals surface area contributed by atoms with E-state index in [1.807, 2.05) is 0 Å². The predicted octanol–water partition coefficient (Wildman–Crippen LogP) is 1.50. The van der Waals surface area contributed by atoms with Crippen LogP contribution in [-0.2, 0) is 38.1 Å². The smallest absolute Gasteiger partial charge is 0.303 e. The Bertz CT molecular complexity index is 426. The summed E-state index contributed by atoms with van der Waals surface area (Å²) in [5, 5.41) is 0. The average molecular weight is 476 g/mol. The third kappa shape index (κ3) is 9.86. The van der Waals surface area contributed by atoms with E-state index in [1.165, 1.54) is 27.7 Å². The van der Waals surface area contributed by atoms with Crippen molar-refractivity contribution in [2.75, 3.05) is 13.2 Å². The number of esters is 4. The van der Waals surface area contributed by atoms with Crippen molar-refractivity contribution < 1.29 is 38.1 Å². The van der Waals surface area contributed by atoms with Crippen molar-refractivity contribution in [3.05, 3.63) is 0 Å². The lowest BCUT2D eigenvalue weighted by molar-refractivity contribution is -0.168. The Morgan fingerprint density at radius 3 is 1.17 bits per heavy atom. The third-order valence-corrected chi connectivity index (χ3v) is 4.10. The number of halogens is 2. The summed E-state index contributed by atoms with van der Waals surface area (Å²) in [6.45, 7) is 4.63. The first-order valence-electron chi connectivity index (χ1n) is 6.93. The van der Waals surface area contributed by atoms with Gasteiger partial charge in [0, 0.05) is 27.7 Å². The van der Waals surface area contributed by atoms with Gasteiger partial charge >= 0.3 is 23.9 Å². The maximum Gasteiger partial charge on any atom is 0.303 e. The number of hydrogen-bond acceptors (Lipinski definition) is 8. The van der Waals surface area contributed by atoms with Crippen LogP contribution in [0.3, 0.4) is 0 Å². The van der Waals surface area contributed by atoms with Gasteiger partial charge in [0.05, 0.1) is 9.65 Å². The van der Waals surface area contributed by atoms with Gasteiger partial charge in [-0.1, -0.05) is 31.9 Å². The molecule has 0 amide bonds. The van der Waals surface area contributed by atoms with Crippen LogP contribution < -0.4 is 0 Å². The van der Waals surface area contributed by atoms with Crippen LogP contribution in [0.15, 0.2) is 0 Å². The molecule has 0 spiro atoms. The van der Waals surface area contributed by atoms with E-state index in [1.54, 1.807) is 0 Å². The highest BCUT2D eigenvalue weighted by Crippen LogP contribution is 2.24. The molecular weight excluding hydrogens is 456 g/mol. The van der Waals surface area contributed by atoms with Crippen LogP contribution in [0, 0.1) is 0 Å². The second-order valence-electron chi connectivity index (χ2n) is 4.79. The molecule has 0 aliphatic carbocycles. The highest BCUT2D eigenvalue weighted by molar-refractivity contribution is 9.10. The van der Waals surface area contributed by atoms with E-state index in [0.717, 1.165) is 0 Å². The van der Waals surface area contributed by atoms with Crippen LogP contribution >= 0.6 is 31.9 Å². The molecule has 4 unspecified atom stereocenters. The second-order valence-corrected chi connectivity index (χ2v) is 7.14. The monoisotopic (exact) mass is 474 g/mol. The lowest BCUT2D eigenvalue weighted by Gasteiger charge is -2.32. The van der Waals surface area contributed by atoms with Crippen LogP contribution in [0.25, 0.3) is 0 Å². The van der Waals surface area contributed by atoms with Gasteiger partial charge in [-0.2, -0.15) is 0 Å².